The highest BCUT2D eigenvalue weighted by Gasteiger charge is 2.52. The van der Waals surface area contributed by atoms with E-state index >= 15 is 0 Å². The molecular formula is C16H22BNO2. The summed E-state index contributed by atoms with van der Waals surface area (Å²) in [5.74, 6) is 0. The molecule has 2 heterocycles. The Hall–Kier alpha value is -1.26. The number of fused-ring (bicyclic) bond motifs is 1. The molecule has 0 bridgehead atoms. The van der Waals surface area contributed by atoms with E-state index in [1.54, 1.807) is 0 Å². The average molecular weight is 271 g/mol. The lowest BCUT2D eigenvalue weighted by Gasteiger charge is -2.32. The Morgan fingerprint density at radius 3 is 2.25 bits per heavy atom. The molecule has 1 aromatic heterocycles. The first-order valence-electron chi connectivity index (χ1n) is 7.13. The zero-order valence-corrected chi connectivity index (χ0v) is 13.2. The van der Waals surface area contributed by atoms with Gasteiger partial charge in [-0.15, -0.1) is 0 Å². The Kier molecular flexibility index (Phi) is 2.83. The Morgan fingerprint density at radius 2 is 1.65 bits per heavy atom. The van der Waals surface area contributed by atoms with Gasteiger partial charge in [-0.3, -0.25) is 0 Å². The van der Waals surface area contributed by atoms with Crippen molar-refractivity contribution in [1.82, 2.24) is 4.57 Å². The Bertz CT molecular complexity index is 656. The number of hydrogen-bond acceptors (Lipinski definition) is 2. The Balaban J connectivity index is 2.11. The normalized spacial score (nSPS) is 20.8. The number of rotatable bonds is 1. The van der Waals surface area contributed by atoms with Crippen LogP contribution in [-0.2, 0) is 16.4 Å². The molecule has 1 fully saturated rings. The summed E-state index contributed by atoms with van der Waals surface area (Å²) in [5, 5.41) is 1.21. The van der Waals surface area contributed by atoms with Crippen LogP contribution in [0, 0.1) is 6.92 Å². The zero-order chi connectivity index (χ0) is 14.7. The first-order valence-corrected chi connectivity index (χ1v) is 7.13. The molecule has 2 aromatic rings. The van der Waals surface area contributed by atoms with E-state index < -0.39 is 0 Å². The molecule has 1 saturated heterocycles. The van der Waals surface area contributed by atoms with Crippen molar-refractivity contribution >= 4 is 23.5 Å². The largest absolute Gasteiger partial charge is 0.495 e. The van der Waals surface area contributed by atoms with Crippen LogP contribution >= 0.6 is 0 Å². The molecule has 3 rings (SSSR count). The summed E-state index contributed by atoms with van der Waals surface area (Å²) in [4.78, 5) is 0. The van der Waals surface area contributed by atoms with Gasteiger partial charge in [0, 0.05) is 18.3 Å². The standard InChI is InChI=1S/C16H22BNO2/c1-11-10-12-13(8-7-9-14(12)18(11)6)17-19-15(2,3)16(4,5)20-17/h7-10H,1-6H3. The van der Waals surface area contributed by atoms with Crippen molar-refractivity contribution in [3.8, 4) is 0 Å². The minimum atomic E-state index is -0.302. The SMILES string of the molecule is Cc1cc2c(B3OC(C)(C)C(C)(C)O3)cccc2n1C. The van der Waals surface area contributed by atoms with Crippen molar-refractivity contribution in [2.75, 3.05) is 0 Å². The van der Waals surface area contributed by atoms with Crippen molar-refractivity contribution in [2.45, 2.75) is 45.8 Å². The van der Waals surface area contributed by atoms with Crippen LogP contribution in [0.4, 0.5) is 0 Å². The summed E-state index contributed by atoms with van der Waals surface area (Å²) >= 11 is 0. The minimum absolute atomic E-state index is 0.300. The number of nitrogens with zero attached hydrogens (tertiary/aromatic N) is 1. The van der Waals surface area contributed by atoms with Crippen LogP contribution in [-0.4, -0.2) is 22.9 Å². The third-order valence-electron chi connectivity index (χ3n) is 4.87. The first-order chi connectivity index (χ1) is 9.23. The van der Waals surface area contributed by atoms with Gasteiger partial charge in [0.15, 0.2) is 0 Å². The first kappa shape index (κ1) is 13.7. The molecule has 0 unspecified atom stereocenters. The van der Waals surface area contributed by atoms with E-state index in [9.17, 15) is 0 Å². The van der Waals surface area contributed by atoms with Crippen LogP contribution in [0.1, 0.15) is 33.4 Å². The number of aryl methyl sites for hydroxylation is 2. The summed E-state index contributed by atoms with van der Waals surface area (Å²) in [7, 11) is 1.79. The molecule has 0 atom stereocenters. The second-order valence-corrected chi connectivity index (χ2v) is 6.71. The summed E-state index contributed by atoms with van der Waals surface area (Å²) in [6.45, 7) is 10.5. The van der Waals surface area contributed by atoms with Crippen molar-refractivity contribution in [3.05, 3.63) is 30.0 Å². The molecular weight excluding hydrogens is 249 g/mol. The fourth-order valence-electron chi connectivity index (χ4n) is 2.69. The van der Waals surface area contributed by atoms with Crippen molar-refractivity contribution in [3.63, 3.8) is 0 Å². The lowest BCUT2D eigenvalue weighted by molar-refractivity contribution is 0.00578. The predicted molar refractivity (Wildman–Crippen MR) is 83.4 cm³/mol. The molecule has 1 aliphatic rings. The molecule has 0 radical (unpaired) electrons. The van der Waals surface area contributed by atoms with E-state index in [1.165, 1.54) is 16.6 Å². The van der Waals surface area contributed by atoms with Crippen LogP contribution < -0.4 is 5.46 Å². The monoisotopic (exact) mass is 271 g/mol. The van der Waals surface area contributed by atoms with Gasteiger partial charge in [0.25, 0.3) is 0 Å². The second-order valence-electron chi connectivity index (χ2n) is 6.71. The molecule has 0 N–H and O–H groups in total. The molecule has 0 spiro atoms. The summed E-state index contributed by atoms with van der Waals surface area (Å²) in [5.41, 5.74) is 2.97. The van der Waals surface area contributed by atoms with E-state index in [0.717, 1.165) is 5.46 Å². The number of aromatic nitrogens is 1. The van der Waals surface area contributed by atoms with Crippen LogP contribution in [0.5, 0.6) is 0 Å². The third-order valence-corrected chi connectivity index (χ3v) is 4.87. The lowest BCUT2D eigenvalue weighted by atomic mass is 9.77. The van der Waals surface area contributed by atoms with Gasteiger partial charge in [-0.25, -0.2) is 0 Å². The highest BCUT2D eigenvalue weighted by atomic mass is 16.7. The molecule has 106 valence electrons. The van der Waals surface area contributed by atoms with Crippen LogP contribution in [0.25, 0.3) is 10.9 Å². The average Bonchev–Trinajstić information content (AvgIpc) is 2.74. The van der Waals surface area contributed by atoms with E-state index in [0.29, 0.717) is 0 Å². The highest BCUT2D eigenvalue weighted by Crippen LogP contribution is 2.37. The maximum atomic E-state index is 6.18. The van der Waals surface area contributed by atoms with Gasteiger partial charge in [0.1, 0.15) is 0 Å². The van der Waals surface area contributed by atoms with Crippen LogP contribution in [0.15, 0.2) is 24.3 Å². The molecule has 0 aliphatic carbocycles. The van der Waals surface area contributed by atoms with Gasteiger partial charge in [-0.1, -0.05) is 12.1 Å². The van der Waals surface area contributed by atoms with E-state index in [-0.39, 0.29) is 18.3 Å². The quantitative estimate of drug-likeness (QED) is 0.744. The van der Waals surface area contributed by atoms with Crippen molar-refractivity contribution in [2.24, 2.45) is 7.05 Å². The molecule has 1 aromatic carbocycles. The molecule has 0 saturated carbocycles. The zero-order valence-electron chi connectivity index (χ0n) is 13.2. The van der Waals surface area contributed by atoms with Gasteiger partial charge in [-0.05, 0) is 57.6 Å². The molecule has 1 aliphatic heterocycles. The smallest absolute Gasteiger partial charge is 0.399 e. The van der Waals surface area contributed by atoms with Crippen LogP contribution in [0.2, 0.25) is 0 Å². The second kappa shape index (κ2) is 4.12. The number of hydrogen-bond donors (Lipinski definition) is 0. The summed E-state index contributed by atoms with van der Waals surface area (Å²) < 4.78 is 14.6. The molecule has 0 amide bonds. The molecule has 4 heteroatoms. The Labute approximate surface area is 121 Å². The van der Waals surface area contributed by atoms with Gasteiger partial charge < -0.3 is 13.9 Å². The van der Waals surface area contributed by atoms with E-state index in [4.69, 9.17) is 9.31 Å². The summed E-state index contributed by atoms with van der Waals surface area (Å²) in [6, 6.07) is 8.51. The van der Waals surface area contributed by atoms with Crippen LogP contribution in [0.3, 0.4) is 0 Å². The van der Waals surface area contributed by atoms with Crippen molar-refractivity contribution < 1.29 is 9.31 Å². The van der Waals surface area contributed by atoms with E-state index in [1.807, 2.05) is 0 Å². The van der Waals surface area contributed by atoms with Gasteiger partial charge in [0.2, 0.25) is 0 Å². The topological polar surface area (TPSA) is 23.4 Å². The molecule has 3 nitrogen and oxygen atoms in total. The maximum Gasteiger partial charge on any atom is 0.495 e. The minimum Gasteiger partial charge on any atom is -0.399 e. The van der Waals surface area contributed by atoms with Gasteiger partial charge in [-0.2, -0.15) is 0 Å². The Morgan fingerprint density at radius 1 is 1.05 bits per heavy atom. The predicted octanol–water partition coefficient (Wildman–Crippen LogP) is 2.79. The highest BCUT2D eigenvalue weighted by molar-refractivity contribution is 6.65. The van der Waals surface area contributed by atoms with E-state index in [2.05, 4.69) is 70.5 Å². The number of benzene rings is 1. The van der Waals surface area contributed by atoms with Crippen molar-refractivity contribution in [1.29, 1.82) is 0 Å². The lowest BCUT2D eigenvalue weighted by Crippen LogP contribution is -2.41. The van der Waals surface area contributed by atoms with Gasteiger partial charge in [0.05, 0.1) is 11.2 Å². The van der Waals surface area contributed by atoms with Gasteiger partial charge >= 0.3 is 7.12 Å². The fourth-order valence-corrected chi connectivity index (χ4v) is 2.69. The third kappa shape index (κ3) is 1.82. The fraction of sp³-hybridized carbons (Fsp3) is 0.500. The molecule has 20 heavy (non-hydrogen) atoms. The summed E-state index contributed by atoms with van der Waals surface area (Å²) in [6.07, 6.45) is 0. The maximum absolute atomic E-state index is 6.18.